The third-order valence-electron chi connectivity index (χ3n) is 3.92. The zero-order valence-electron chi connectivity index (χ0n) is 13.6. The normalized spacial score (nSPS) is 16.1. The summed E-state index contributed by atoms with van der Waals surface area (Å²) in [5.41, 5.74) is 6.23. The van der Waals surface area contributed by atoms with Crippen LogP contribution < -0.4 is 15.6 Å². The molecule has 1 aromatic carbocycles. The Hall–Kier alpha value is -1.62. The monoisotopic (exact) mass is 318 g/mol. The van der Waals surface area contributed by atoms with Gasteiger partial charge >= 0.3 is 0 Å². The van der Waals surface area contributed by atoms with Crippen molar-refractivity contribution in [1.29, 1.82) is 0 Å². The molecule has 0 bridgehead atoms. The van der Waals surface area contributed by atoms with Gasteiger partial charge in [0.2, 0.25) is 0 Å². The average Bonchev–Trinajstić information content (AvgIpc) is 2.82. The van der Waals surface area contributed by atoms with Crippen LogP contribution in [0.15, 0.2) is 29.4 Å². The molecule has 120 valence electrons. The first kappa shape index (κ1) is 16.7. The largest absolute Gasteiger partial charge is 0.372 e. The average molecular weight is 318 g/mol. The van der Waals surface area contributed by atoms with Gasteiger partial charge in [-0.3, -0.25) is 5.43 Å². The molecule has 1 aliphatic rings. The number of anilines is 1. The van der Waals surface area contributed by atoms with Gasteiger partial charge in [-0.1, -0.05) is 25.0 Å². The highest BCUT2D eigenvalue weighted by molar-refractivity contribution is 7.80. The van der Waals surface area contributed by atoms with Crippen LogP contribution in [0.3, 0.4) is 0 Å². The fourth-order valence-corrected chi connectivity index (χ4v) is 2.83. The van der Waals surface area contributed by atoms with E-state index in [0.717, 1.165) is 17.8 Å². The predicted molar refractivity (Wildman–Crippen MR) is 98.7 cm³/mol. The minimum absolute atomic E-state index is 0.558. The third kappa shape index (κ3) is 4.98. The van der Waals surface area contributed by atoms with Crippen molar-refractivity contribution < 1.29 is 0 Å². The summed E-state index contributed by atoms with van der Waals surface area (Å²) in [6.07, 6.45) is 5.32. The van der Waals surface area contributed by atoms with Crippen molar-refractivity contribution in [3.05, 3.63) is 29.8 Å². The van der Waals surface area contributed by atoms with Crippen LogP contribution in [-0.2, 0) is 0 Å². The number of nitrogens with zero attached hydrogens (tertiary/aromatic N) is 2. The van der Waals surface area contributed by atoms with E-state index in [1.165, 1.54) is 44.5 Å². The standard InChI is InChI=1S/C17H26N4S/c1-3-18-17(22)20-19-14(2)15-8-10-16(11-9-15)21-12-6-4-5-7-13-21/h8-11H,3-7,12-13H2,1-2H3,(H2,18,20,22)/b19-14-. The van der Waals surface area contributed by atoms with Gasteiger partial charge in [-0.05, 0) is 56.6 Å². The second-order valence-electron chi connectivity index (χ2n) is 5.62. The molecule has 1 saturated heterocycles. The Morgan fingerprint density at radius 3 is 2.36 bits per heavy atom. The Balaban J connectivity index is 1.98. The molecule has 0 aromatic heterocycles. The number of hydrogen-bond donors (Lipinski definition) is 2. The SMILES string of the molecule is CCNC(=S)N/N=C(/C)c1ccc(N2CCCCCC2)cc1. The lowest BCUT2D eigenvalue weighted by atomic mass is 10.1. The highest BCUT2D eigenvalue weighted by Crippen LogP contribution is 2.20. The first-order chi connectivity index (χ1) is 10.7. The van der Waals surface area contributed by atoms with Crippen LogP contribution in [-0.4, -0.2) is 30.5 Å². The van der Waals surface area contributed by atoms with E-state index in [0.29, 0.717) is 5.11 Å². The van der Waals surface area contributed by atoms with E-state index >= 15 is 0 Å². The van der Waals surface area contributed by atoms with E-state index < -0.39 is 0 Å². The summed E-state index contributed by atoms with van der Waals surface area (Å²) < 4.78 is 0. The molecule has 0 amide bonds. The minimum Gasteiger partial charge on any atom is -0.372 e. The summed E-state index contributed by atoms with van der Waals surface area (Å²) in [5.74, 6) is 0. The second kappa shape index (κ2) is 8.73. The number of hydrogen-bond acceptors (Lipinski definition) is 3. The van der Waals surface area contributed by atoms with E-state index in [2.05, 4.69) is 45.0 Å². The molecule has 1 aliphatic heterocycles. The van der Waals surface area contributed by atoms with E-state index in [4.69, 9.17) is 12.2 Å². The summed E-state index contributed by atoms with van der Waals surface area (Å²) in [5, 5.41) is 7.89. The van der Waals surface area contributed by atoms with E-state index in [-0.39, 0.29) is 0 Å². The van der Waals surface area contributed by atoms with Crippen LogP contribution in [0, 0.1) is 0 Å². The molecule has 0 spiro atoms. The van der Waals surface area contributed by atoms with Crippen molar-refractivity contribution >= 4 is 28.7 Å². The number of thiocarbonyl (C=S) groups is 1. The fourth-order valence-electron chi connectivity index (χ4n) is 2.64. The number of benzene rings is 1. The first-order valence-electron chi connectivity index (χ1n) is 8.14. The molecular weight excluding hydrogens is 292 g/mol. The highest BCUT2D eigenvalue weighted by atomic mass is 32.1. The maximum absolute atomic E-state index is 5.10. The van der Waals surface area contributed by atoms with E-state index in [9.17, 15) is 0 Å². The fraction of sp³-hybridized carbons (Fsp3) is 0.529. The topological polar surface area (TPSA) is 39.7 Å². The maximum Gasteiger partial charge on any atom is 0.186 e. The molecule has 22 heavy (non-hydrogen) atoms. The van der Waals surface area contributed by atoms with Crippen LogP contribution in [0.2, 0.25) is 0 Å². The van der Waals surface area contributed by atoms with Crippen molar-refractivity contribution in [3.63, 3.8) is 0 Å². The molecule has 0 radical (unpaired) electrons. The Labute approximate surface area is 139 Å². The van der Waals surface area contributed by atoms with Crippen LogP contribution >= 0.6 is 12.2 Å². The van der Waals surface area contributed by atoms with Crippen LogP contribution in [0.25, 0.3) is 0 Å². The first-order valence-corrected chi connectivity index (χ1v) is 8.55. The summed E-state index contributed by atoms with van der Waals surface area (Å²) in [4.78, 5) is 2.49. The molecule has 5 heteroatoms. The molecule has 1 aromatic rings. The van der Waals surface area contributed by atoms with Crippen molar-refractivity contribution in [3.8, 4) is 0 Å². The van der Waals surface area contributed by atoms with Gasteiger partial charge in [0.1, 0.15) is 0 Å². The van der Waals surface area contributed by atoms with Crippen molar-refractivity contribution in [1.82, 2.24) is 10.7 Å². The molecule has 2 N–H and O–H groups in total. The lowest BCUT2D eigenvalue weighted by molar-refractivity contribution is 0.726. The summed E-state index contributed by atoms with van der Waals surface area (Å²) in [7, 11) is 0. The van der Waals surface area contributed by atoms with Crippen LogP contribution in [0.5, 0.6) is 0 Å². The van der Waals surface area contributed by atoms with Crippen LogP contribution in [0.1, 0.15) is 45.1 Å². The van der Waals surface area contributed by atoms with Gasteiger partial charge in [0.05, 0.1) is 5.71 Å². The lowest BCUT2D eigenvalue weighted by Crippen LogP contribution is -2.32. The Morgan fingerprint density at radius 2 is 1.77 bits per heavy atom. The summed E-state index contributed by atoms with van der Waals surface area (Å²) in [6.45, 7) is 7.13. The molecule has 4 nitrogen and oxygen atoms in total. The Kier molecular flexibility index (Phi) is 6.65. The van der Waals surface area contributed by atoms with Gasteiger partial charge in [0.15, 0.2) is 5.11 Å². The maximum atomic E-state index is 5.10. The Bertz CT molecular complexity index is 502. The quantitative estimate of drug-likeness (QED) is 0.508. The molecule has 0 unspecified atom stereocenters. The molecule has 1 fully saturated rings. The third-order valence-corrected chi connectivity index (χ3v) is 4.15. The molecule has 0 saturated carbocycles. The van der Waals surface area contributed by atoms with E-state index in [1.807, 2.05) is 13.8 Å². The molecular formula is C17H26N4S. The number of nitrogens with one attached hydrogen (secondary N) is 2. The van der Waals surface area contributed by atoms with Gasteiger partial charge < -0.3 is 10.2 Å². The highest BCUT2D eigenvalue weighted by Gasteiger charge is 2.09. The van der Waals surface area contributed by atoms with Crippen LogP contribution in [0.4, 0.5) is 5.69 Å². The van der Waals surface area contributed by atoms with Gasteiger partial charge in [0.25, 0.3) is 0 Å². The smallest absolute Gasteiger partial charge is 0.186 e. The van der Waals surface area contributed by atoms with Gasteiger partial charge in [-0.15, -0.1) is 0 Å². The predicted octanol–water partition coefficient (Wildman–Crippen LogP) is 3.28. The molecule has 0 atom stereocenters. The summed E-state index contributed by atoms with van der Waals surface area (Å²) >= 11 is 5.10. The van der Waals surface area contributed by atoms with Gasteiger partial charge in [0, 0.05) is 25.3 Å². The molecule has 0 aliphatic carbocycles. The van der Waals surface area contributed by atoms with Crippen molar-refractivity contribution in [2.45, 2.75) is 39.5 Å². The summed E-state index contributed by atoms with van der Waals surface area (Å²) in [6, 6.07) is 8.67. The number of rotatable bonds is 4. The zero-order chi connectivity index (χ0) is 15.8. The van der Waals surface area contributed by atoms with Crippen molar-refractivity contribution in [2.24, 2.45) is 5.10 Å². The Morgan fingerprint density at radius 1 is 1.14 bits per heavy atom. The lowest BCUT2D eigenvalue weighted by Gasteiger charge is -2.22. The second-order valence-corrected chi connectivity index (χ2v) is 6.02. The molecule has 2 rings (SSSR count). The molecule has 1 heterocycles. The number of hydrazone groups is 1. The zero-order valence-corrected chi connectivity index (χ0v) is 14.4. The van der Waals surface area contributed by atoms with Gasteiger partial charge in [-0.2, -0.15) is 5.10 Å². The van der Waals surface area contributed by atoms with Crippen molar-refractivity contribution in [2.75, 3.05) is 24.5 Å². The van der Waals surface area contributed by atoms with E-state index in [1.54, 1.807) is 0 Å². The van der Waals surface area contributed by atoms with Gasteiger partial charge in [-0.25, -0.2) is 0 Å². The minimum atomic E-state index is 0.558.